The van der Waals surface area contributed by atoms with Crippen LogP contribution in [0.2, 0.25) is 0 Å². The van der Waals surface area contributed by atoms with Crippen LogP contribution in [0.1, 0.15) is 6.42 Å². The van der Waals surface area contributed by atoms with E-state index in [2.05, 4.69) is 17.9 Å². The number of rotatable bonds is 0. The summed E-state index contributed by atoms with van der Waals surface area (Å²) in [7, 11) is 0. The van der Waals surface area contributed by atoms with Crippen molar-refractivity contribution in [3.8, 4) is 0 Å². The first-order valence-electron chi connectivity index (χ1n) is 2.87. The minimum atomic E-state index is -0.243. The van der Waals surface area contributed by atoms with Gasteiger partial charge in [-0.15, -0.1) is 0 Å². The summed E-state index contributed by atoms with van der Waals surface area (Å²) in [6.07, 6.45) is 0.733. The molecule has 0 aromatic carbocycles. The molecule has 2 atom stereocenters. The lowest BCUT2D eigenvalue weighted by molar-refractivity contribution is 0.149. The molecule has 1 saturated heterocycles. The molecular formula is C5H11NOS. The number of β-amino-alcohol motifs (C(OH)–C–C–N with tert-alkyl or cyclic N) is 1. The van der Waals surface area contributed by atoms with E-state index in [1.807, 2.05) is 0 Å². The molecule has 48 valence electrons. The molecule has 1 rings (SSSR count). The van der Waals surface area contributed by atoms with Crippen LogP contribution in [0.25, 0.3) is 0 Å². The molecule has 2 nitrogen and oxygen atoms in total. The van der Waals surface area contributed by atoms with E-state index in [4.69, 9.17) is 5.11 Å². The lowest BCUT2D eigenvalue weighted by Gasteiger charge is -2.23. The van der Waals surface area contributed by atoms with Crippen LogP contribution in [0.3, 0.4) is 0 Å². The zero-order valence-electron chi connectivity index (χ0n) is 4.67. The molecule has 2 unspecified atom stereocenters. The lowest BCUT2D eigenvalue weighted by Crippen LogP contribution is -2.41. The number of aliphatic hydroxyl groups excluding tert-OH is 1. The molecule has 1 aliphatic heterocycles. The summed E-state index contributed by atoms with van der Waals surface area (Å²) in [5.74, 6) is 0. The van der Waals surface area contributed by atoms with Gasteiger partial charge in [0.15, 0.2) is 0 Å². The first kappa shape index (κ1) is 6.39. The fourth-order valence-corrected chi connectivity index (χ4v) is 1.06. The van der Waals surface area contributed by atoms with Crippen molar-refractivity contribution in [3.63, 3.8) is 0 Å². The Labute approximate surface area is 54.7 Å². The summed E-state index contributed by atoms with van der Waals surface area (Å²) in [5, 5.41) is 12.3. The van der Waals surface area contributed by atoms with E-state index in [0.717, 1.165) is 13.0 Å². The summed E-state index contributed by atoms with van der Waals surface area (Å²) < 4.78 is 0. The maximum Gasteiger partial charge on any atom is 0.0780 e. The topological polar surface area (TPSA) is 32.3 Å². The normalized spacial score (nSPS) is 39.8. The maximum absolute atomic E-state index is 9.04. The van der Waals surface area contributed by atoms with E-state index in [-0.39, 0.29) is 11.4 Å². The Balaban J connectivity index is 2.28. The Kier molecular flexibility index (Phi) is 2.16. The molecule has 0 aromatic heterocycles. The first-order chi connectivity index (χ1) is 3.80. The average Bonchev–Trinajstić information content (AvgIpc) is 1.77. The number of thiol groups is 1. The van der Waals surface area contributed by atoms with E-state index >= 15 is 0 Å². The summed E-state index contributed by atoms with van der Waals surface area (Å²) in [5.41, 5.74) is 0. The van der Waals surface area contributed by atoms with Crippen molar-refractivity contribution < 1.29 is 5.11 Å². The van der Waals surface area contributed by atoms with Gasteiger partial charge in [-0.05, 0) is 13.0 Å². The zero-order valence-corrected chi connectivity index (χ0v) is 5.56. The number of aliphatic hydroxyl groups is 1. The highest BCUT2D eigenvalue weighted by molar-refractivity contribution is 7.81. The first-order valence-corrected chi connectivity index (χ1v) is 3.39. The van der Waals surface area contributed by atoms with Crippen LogP contribution in [0.4, 0.5) is 0 Å². The van der Waals surface area contributed by atoms with Crippen LogP contribution in [-0.2, 0) is 0 Å². The van der Waals surface area contributed by atoms with Crippen molar-refractivity contribution in [1.82, 2.24) is 5.32 Å². The van der Waals surface area contributed by atoms with Crippen LogP contribution in [0.5, 0.6) is 0 Å². The van der Waals surface area contributed by atoms with Gasteiger partial charge < -0.3 is 10.4 Å². The molecule has 0 saturated carbocycles. The summed E-state index contributed by atoms with van der Waals surface area (Å²) in [6.45, 7) is 1.69. The van der Waals surface area contributed by atoms with Crippen molar-refractivity contribution in [1.29, 1.82) is 0 Å². The molecule has 1 fully saturated rings. The molecule has 1 aliphatic rings. The highest BCUT2D eigenvalue weighted by atomic mass is 32.1. The van der Waals surface area contributed by atoms with Crippen molar-refractivity contribution in [2.75, 3.05) is 13.1 Å². The standard InChI is InChI=1S/C5H11NOS/c7-4-3-6-2-1-5(4)8/h4-8H,1-3H2. The van der Waals surface area contributed by atoms with Gasteiger partial charge in [-0.2, -0.15) is 12.6 Å². The van der Waals surface area contributed by atoms with Gasteiger partial charge in [0.25, 0.3) is 0 Å². The van der Waals surface area contributed by atoms with Crippen LogP contribution < -0.4 is 5.32 Å². The van der Waals surface area contributed by atoms with Crippen LogP contribution in [0, 0.1) is 0 Å². The van der Waals surface area contributed by atoms with Crippen molar-refractivity contribution in [2.24, 2.45) is 0 Å². The molecule has 0 aliphatic carbocycles. The Bertz CT molecular complexity index is 68.8. The van der Waals surface area contributed by atoms with Gasteiger partial charge in [-0.25, -0.2) is 0 Å². The Morgan fingerprint density at radius 2 is 2.38 bits per heavy atom. The third kappa shape index (κ3) is 1.37. The van der Waals surface area contributed by atoms with Gasteiger partial charge >= 0.3 is 0 Å². The van der Waals surface area contributed by atoms with Gasteiger partial charge in [0.2, 0.25) is 0 Å². The minimum absolute atomic E-state index is 0.191. The SMILES string of the molecule is OC1CNCCC1S. The Morgan fingerprint density at radius 1 is 1.62 bits per heavy atom. The van der Waals surface area contributed by atoms with Gasteiger partial charge in [0.05, 0.1) is 6.10 Å². The predicted octanol–water partition coefficient (Wildman–Crippen LogP) is -0.361. The number of nitrogens with one attached hydrogen (secondary N) is 1. The molecule has 0 spiro atoms. The van der Waals surface area contributed by atoms with Crippen LogP contribution in [-0.4, -0.2) is 29.5 Å². The highest BCUT2D eigenvalue weighted by Gasteiger charge is 2.17. The average molecular weight is 133 g/mol. The molecule has 0 aromatic rings. The predicted molar refractivity (Wildman–Crippen MR) is 36.3 cm³/mol. The van der Waals surface area contributed by atoms with E-state index in [1.54, 1.807) is 0 Å². The molecule has 1 heterocycles. The Hall–Kier alpha value is 0.270. The smallest absolute Gasteiger partial charge is 0.0780 e. The van der Waals surface area contributed by atoms with Crippen molar-refractivity contribution in [2.45, 2.75) is 17.8 Å². The Morgan fingerprint density at radius 3 is 2.75 bits per heavy atom. The lowest BCUT2D eigenvalue weighted by atomic mass is 10.1. The second-order valence-corrected chi connectivity index (χ2v) is 2.79. The molecule has 0 amide bonds. The molecule has 8 heavy (non-hydrogen) atoms. The van der Waals surface area contributed by atoms with E-state index < -0.39 is 0 Å². The summed E-state index contributed by atoms with van der Waals surface area (Å²) in [4.78, 5) is 0. The second-order valence-electron chi connectivity index (χ2n) is 2.13. The van der Waals surface area contributed by atoms with Crippen molar-refractivity contribution in [3.05, 3.63) is 0 Å². The number of hydrogen-bond donors (Lipinski definition) is 3. The van der Waals surface area contributed by atoms with Crippen molar-refractivity contribution >= 4 is 12.6 Å². The van der Waals surface area contributed by atoms with Crippen LogP contribution in [0.15, 0.2) is 0 Å². The van der Waals surface area contributed by atoms with E-state index in [1.165, 1.54) is 0 Å². The third-order valence-electron chi connectivity index (χ3n) is 1.41. The van der Waals surface area contributed by atoms with Gasteiger partial charge in [-0.1, -0.05) is 0 Å². The molecule has 0 bridgehead atoms. The quantitative estimate of drug-likeness (QED) is 0.394. The number of hydrogen-bond acceptors (Lipinski definition) is 3. The monoisotopic (exact) mass is 133 g/mol. The summed E-state index contributed by atoms with van der Waals surface area (Å²) >= 11 is 4.17. The summed E-state index contributed by atoms with van der Waals surface area (Å²) in [6, 6.07) is 0. The molecule has 2 N–H and O–H groups in total. The zero-order chi connectivity index (χ0) is 5.98. The second kappa shape index (κ2) is 2.71. The van der Waals surface area contributed by atoms with Gasteiger partial charge in [-0.3, -0.25) is 0 Å². The fourth-order valence-electron chi connectivity index (χ4n) is 0.828. The molecular weight excluding hydrogens is 122 g/mol. The van der Waals surface area contributed by atoms with Crippen LogP contribution >= 0.6 is 12.6 Å². The van der Waals surface area contributed by atoms with Gasteiger partial charge in [0, 0.05) is 11.8 Å². The van der Waals surface area contributed by atoms with E-state index in [9.17, 15) is 0 Å². The minimum Gasteiger partial charge on any atom is -0.391 e. The maximum atomic E-state index is 9.04. The molecule has 0 radical (unpaired) electrons. The van der Waals surface area contributed by atoms with E-state index in [0.29, 0.717) is 6.54 Å². The molecule has 3 heteroatoms. The number of piperidine rings is 1. The van der Waals surface area contributed by atoms with Gasteiger partial charge in [0.1, 0.15) is 0 Å². The fraction of sp³-hybridized carbons (Fsp3) is 1.00. The third-order valence-corrected chi connectivity index (χ3v) is 2.02. The highest BCUT2D eigenvalue weighted by Crippen LogP contribution is 2.08. The largest absolute Gasteiger partial charge is 0.391 e.